The molecule has 2 aliphatic heterocycles. The Hall–Kier alpha value is -1.81. The van der Waals surface area contributed by atoms with Gasteiger partial charge in [0.05, 0.1) is 0 Å². The van der Waals surface area contributed by atoms with E-state index in [-0.39, 0.29) is 6.03 Å². The van der Waals surface area contributed by atoms with Gasteiger partial charge >= 0.3 is 6.03 Å². The van der Waals surface area contributed by atoms with Gasteiger partial charge in [-0.25, -0.2) is 4.79 Å². The molecule has 2 fully saturated rings. The molecular weight excluding hydrogens is 334 g/mol. The predicted octanol–water partition coefficient (Wildman–Crippen LogP) is 3.73. The summed E-state index contributed by atoms with van der Waals surface area (Å²) in [5.41, 5.74) is 4.26. The zero-order valence-corrected chi connectivity index (χ0v) is 16.9. The molecule has 4 nitrogen and oxygen atoms in total. The normalized spacial score (nSPS) is 25.4. The zero-order valence-electron chi connectivity index (χ0n) is 16.9. The minimum Gasteiger partial charge on any atom is -0.331 e. The van der Waals surface area contributed by atoms with Crippen molar-refractivity contribution in [1.29, 1.82) is 0 Å². The lowest BCUT2D eigenvalue weighted by atomic mass is 9.78. The Morgan fingerprint density at radius 2 is 1.85 bits per heavy atom. The van der Waals surface area contributed by atoms with Gasteiger partial charge < -0.3 is 14.7 Å². The van der Waals surface area contributed by atoms with E-state index in [1.165, 1.54) is 55.6 Å². The summed E-state index contributed by atoms with van der Waals surface area (Å²) in [4.78, 5) is 18.7. The molecular formula is C23H33N3O. The van der Waals surface area contributed by atoms with E-state index in [0.717, 1.165) is 25.9 Å². The second kappa shape index (κ2) is 8.05. The number of allylic oxidation sites excluding steroid dienone is 1. The number of carbonyl (C=O) groups is 1. The highest BCUT2D eigenvalue weighted by Crippen LogP contribution is 2.41. The number of carbonyl (C=O) groups excluding carboxylic acids is 1. The maximum Gasteiger partial charge on any atom is 0.319 e. The maximum atomic E-state index is 12.4. The Bertz CT molecular complexity index is 688. The van der Waals surface area contributed by atoms with Crippen LogP contribution in [0.3, 0.4) is 0 Å². The summed E-state index contributed by atoms with van der Waals surface area (Å²) in [5, 5.41) is 0. The first-order valence-corrected chi connectivity index (χ1v) is 10.6. The van der Waals surface area contributed by atoms with E-state index in [0.29, 0.717) is 11.8 Å². The largest absolute Gasteiger partial charge is 0.331 e. The van der Waals surface area contributed by atoms with E-state index in [2.05, 4.69) is 35.2 Å². The van der Waals surface area contributed by atoms with Gasteiger partial charge in [0.2, 0.25) is 0 Å². The summed E-state index contributed by atoms with van der Waals surface area (Å²) in [5.74, 6) is 1.11. The summed E-state index contributed by atoms with van der Waals surface area (Å²) >= 11 is 0. The Labute approximate surface area is 163 Å². The molecule has 27 heavy (non-hydrogen) atoms. The Balaban J connectivity index is 1.41. The number of fused-ring (bicyclic) bond motifs is 1. The van der Waals surface area contributed by atoms with Crippen LogP contribution in [-0.2, 0) is 6.42 Å². The fourth-order valence-corrected chi connectivity index (χ4v) is 5.05. The van der Waals surface area contributed by atoms with E-state index < -0.39 is 0 Å². The maximum absolute atomic E-state index is 12.4. The number of benzene rings is 1. The van der Waals surface area contributed by atoms with Gasteiger partial charge in [-0.15, -0.1) is 0 Å². The molecule has 0 radical (unpaired) electrons. The van der Waals surface area contributed by atoms with Crippen LogP contribution in [0.15, 0.2) is 30.3 Å². The summed E-state index contributed by atoms with van der Waals surface area (Å²) in [7, 11) is 3.70. The molecule has 0 aromatic heterocycles. The van der Waals surface area contributed by atoms with Gasteiger partial charge in [-0.2, -0.15) is 0 Å². The van der Waals surface area contributed by atoms with Gasteiger partial charge in [-0.1, -0.05) is 30.3 Å². The van der Waals surface area contributed by atoms with Crippen molar-refractivity contribution in [1.82, 2.24) is 14.7 Å². The predicted molar refractivity (Wildman–Crippen MR) is 111 cm³/mol. The molecule has 0 spiro atoms. The van der Waals surface area contributed by atoms with Crippen molar-refractivity contribution in [3.8, 4) is 0 Å². The van der Waals surface area contributed by atoms with Crippen LogP contribution in [-0.4, -0.2) is 67.5 Å². The van der Waals surface area contributed by atoms with E-state index in [1.807, 2.05) is 19.0 Å². The zero-order chi connectivity index (χ0) is 18.8. The molecule has 146 valence electrons. The van der Waals surface area contributed by atoms with E-state index in [9.17, 15) is 4.79 Å². The van der Waals surface area contributed by atoms with E-state index >= 15 is 0 Å². The average molecular weight is 368 g/mol. The molecule has 1 aliphatic carbocycles. The highest BCUT2D eigenvalue weighted by molar-refractivity contribution is 5.76. The van der Waals surface area contributed by atoms with Crippen LogP contribution in [0.25, 0.3) is 5.57 Å². The van der Waals surface area contributed by atoms with Crippen molar-refractivity contribution >= 4 is 11.6 Å². The number of amides is 2. The van der Waals surface area contributed by atoms with E-state index in [1.54, 1.807) is 4.90 Å². The van der Waals surface area contributed by atoms with Crippen molar-refractivity contribution in [2.24, 2.45) is 11.8 Å². The fraction of sp³-hybridized carbons (Fsp3) is 0.609. The minimum absolute atomic E-state index is 0.154. The Morgan fingerprint density at radius 3 is 2.56 bits per heavy atom. The molecule has 0 saturated carbocycles. The molecule has 4 rings (SSSR count). The standard InChI is InChI=1S/C23H33N3O/c1-24(2)23(27)26-16-20-6-5-7-21(22(20)17-26)19-10-8-18(9-11-19)12-15-25-13-3-4-14-25/h7-11,20,22H,3-6,12-17H2,1-2H3. The topological polar surface area (TPSA) is 26.8 Å². The molecule has 1 aromatic rings. The third-order valence-corrected chi connectivity index (χ3v) is 6.60. The first-order chi connectivity index (χ1) is 13.1. The molecule has 0 N–H and O–H groups in total. The van der Waals surface area contributed by atoms with Crippen LogP contribution in [0.1, 0.15) is 36.8 Å². The van der Waals surface area contributed by atoms with Crippen molar-refractivity contribution in [2.45, 2.75) is 32.1 Å². The van der Waals surface area contributed by atoms with Crippen molar-refractivity contribution in [3.63, 3.8) is 0 Å². The number of hydrogen-bond donors (Lipinski definition) is 0. The molecule has 4 heteroatoms. The van der Waals surface area contributed by atoms with Gasteiger partial charge in [0.1, 0.15) is 0 Å². The fourth-order valence-electron chi connectivity index (χ4n) is 5.05. The van der Waals surface area contributed by atoms with Crippen molar-refractivity contribution in [2.75, 3.05) is 46.8 Å². The lowest BCUT2D eigenvalue weighted by Gasteiger charge is -2.26. The van der Waals surface area contributed by atoms with Crippen LogP contribution >= 0.6 is 0 Å². The molecule has 2 heterocycles. The van der Waals surface area contributed by atoms with Crippen LogP contribution in [0.5, 0.6) is 0 Å². The minimum atomic E-state index is 0.154. The highest BCUT2D eigenvalue weighted by atomic mass is 16.2. The second-order valence-corrected chi connectivity index (χ2v) is 8.68. The third kappa shape index (κ3) is 4.06. The van der Waals surface area contributed by atoms with Crippen molar-refractivity contribution in [3.05, 3.63) is 41.5 Å². The lowest BCUT2D eigenvalue weighted by molar-refractivity contribution is 0.179. The number of likely N-dealkylation sites (tertiary alicyclic amines) is 2. The van der Waals surface area contributed by atoms with Gasteiger partial charge in [-0.05, 0) is 67.8 Å². The summed E-state index contributed by atoms with van der Waals surface area (Å²) in [6, 6.07) is 9.40. The highest BCUT2D eigenvalue weighted by Gasteiger charge is 2.39. The van der Waals surface area contributed by atoms with Crippen LogP contribution in [0.4, 0.5) is 4.79 Å². The first kappa shape index (κ1) is 18.5. The Kier molecular flexibility index (Phi) is 5.53. The van der Waals surface area contributed by atoms with Crippen LogP contribution in [0.2, 0.25) is 0 Å². The number of urea groups is 1. The van der Waals surface area contributed by atoms with Gasteiger partial charge in [0.15, 0.2) is 0 Å². The van der Waals surface area contributed by atoms with Crippen LogP contribution < -0.4 is 0 Å². The van der Waals surface area contributed by atoms with E-state index in [4.69, 9.17) is 0 Å². The average Bonchev–Trinajstić information content (AvgIpc) is 3.35. The lowest BCUT2D eigenvalue weighted by Crippen LogP contribution is -2.37. The van der Waals surface area contributed by atoms with Crippen molar-refractivity contribution < 1.29 is 4.79 Å². The van der Waals surface area contributed by atoms with Crippen LogP contribution in [0, 0.1) is 11.8 Å². The number of rotatable bonds is 4. The first-order valence-electron chi connectivity index (χ1n) is 10.6. The molecule has 2 amide bonds. The molecule has 0 bridgehead atoms. The number of hydrogen-bond acceptors (Lipinski definition) is 2. The quantitative estimate of drug-likeness (QED) is 0.811. The smallest absolute Gasteiger partial charge is 0.319 e. The third-order valence-electron chi connectivity index (χ3n) is 6.60. The summed E-state index contributed by atoms with van der Waals surface area (Å²) in [6.45, 7) is 5.51. The Morgan fingerprint density at radius 1 is 1.11 bits per heavy atom. The monoisotopic (exact) mass is 367 g/mol. The molecule has 2 atom stereocenters. The van der Waals surface area contributed by atoms with Gasteiger partial charge in [-0.3, -0.25) is 0 Å². The summed E-state index contributed by atoms with van der Waals surface area (Å²) < 4.78 is 0. The second-order valence-electron chi connectivity index (χ2n) is 8.68. The molecule has 1 aromatic carbocycles. The summed E-state index contributed by atoms with van der Waals surface area (Å²) in [6.07, 6.45) is 8.64. The molecule has 3 aliphatic rings. The molecule has 2 unspecified atom stereocenters. The van der Waals surface area contributed by atoms with Gasteiger partial charge in [0, 0.05) is 39.6 Å². The van der Waals surface area contributed by atoms with Gasteiger partial charge in [0.25, 0.3) is 0 Å². The number of nitrogens with zero attached hydrogens (tertiary/aromatic N) is 3. The SMILES string of the molecule is CN(C)C(=O)N1CC2CCC=C(c3ccc(CCN4CCCC4)cc3)C2C1. The molecule has 2 saturated heterocycles.